The molecule has 15 nitrogen and oxygen atoms in total. The molecule has 20 heteroatoms. The van der Waals surface area contributed by atoms with E-state index in [1.807, 2.05) is 0 Å². The third-order valence-corrected chi connectivity index (χ3v) is 8.91. The Hall–Kier alpha value is -3.28. The van der Waals surface area contributed by atoms with Gasteiger partial charge in [0.05, 0.1) is 5.88 Å². The minimum atomic E-state index is -1.72. The molecular weight excluding hydrogens is 615 g/mol. The summed E-state index contributed by atoms with van der Waals surface area (Å²) in [7, 11) is 2.32. The number of oxime groups is 1. The van der Waals surface area contributed by atoms with E-state index in [9.17, 15) is 28.5 Å². The largest absolute Gasteiger partial charge is 0.614 e. The summed E-state index contributed by atoms with van der Waals surface area (Å²) in [6, 6.07) is -1.30. The maximum atomic E-state index is 13.5. The van der Waals surface area contributed by atoms with Crippen LogP contribution >= 0.6 is 22.9 Å². The molecule has 42 heavy (non-hydrogen) atoms. The number of anilines is 1. The molecule has 2 aliphatic heterocycles. The van der Waals surface area contributed by atoms with Gasteiger partial charge in [-0.05, 0) is 31.9 Å². The van der Waals surface area contributed by atoms with Crippen molar-refractivity contribution >= 4 is 90.9 Å². The van der Waals surface area contributed by atoms with Gasteiger partial charge < -0.3 is 28.8 Å². The third kappa shape index (κ3) is 6.38. The molecule has 1 aliphatic carbocycles. The number of alkyl halides is 1. The van der Waals surface area contributed by atoms with Crippen LogP contribution in [-0.2, 0) is 49.2 Å². The van der Waals surface area contributed by atoms with Crippen molar-refractivity contribution in [2.45, 2.75) is 56.2 Å². The fourth-order valence-electron chi connectivity index (χ4n) is 4.05. The number of nitrogens with one attached hydrogen (secondary N) is 2. The van der Waals surface area contributed by atoms with Gasteiger partial charge in [-0.2, -0.15) is 0 Å². The SMILES string of the molecule is BOC(=O)C1=C(CCl)C[S+]([O-])[C@@H]2[C@H](NC(=O)/C(=N\OC3(C(=O)OB)CC3)c3csc(NC(=O)OC(C)(C)C)n3)C(=O)N12. The summed E-state index contributed by atoms with van der Waals surface area (Å²) >= 11 is 5.16. The van der Waals surface area contributed by atoms with E-state index < -0.39 is 69.4 Å². The number of thiazole rings is 1. The topological polar surface area (TPSA) is 198 Å². The van der Waals surface area contributed by atoms with E-state index in [1.54, 1.807) is 20.8 Å². The molecule has 3 atom stereocenters. The number of ether oxygens (including phenoxy) is 1. The second-order valence-corrected chi connectivity index (χ2v) is 13.0. The normalized spacial score (nSPS) is 22.8. The number of carbonyl (C=O) groups is 5. The van der Waals surface area contributed by atoms with Crippen molar-refractivity contribution in [1.29, 1.82) is 0 Å². The van der Waals surface area contributed by atoms with Crippen molar-refractivity contribution in [2.24, 2.45) is 5.16 Å². The maximum absolute atomic E-state index is 13.5. The number of nitrogens with zero attached hydrogens (tertiary/aromatic N) is 3. The van der Waals surface area contributed by atoms with Crippen LogP contribution in [0, 0.1) is 0 Å². The third-order valence-electron chi connectivity index (χ3n) is 6.17. The molecule has 3 aliphatic rings. The number of amides is 3. The number of aromatic nitrogens is 1. The van der Waals surface area contributed by atoms with Crippen LogP contribution in [0.25, 0.3) is 0 Å². The van der Waals surface area contributed by atoms with Crippen LogP contribution in [0.5, 0.6) is 0 Å². The molecule has 1 aromatic heterocycles. The van der Waals surface area contributed by atoms with Gasteiger partial charge in [0.15, 0.2) is 16.9 Å². The molecule has 2 fully saturated rings. The van der Waals surface area contributed by atoms with Gasteiger partial charge in [-0.25, -0.2) is 19.4 Å². The number of carbonyl (C=O) groups excluding carboxylic acids is 5. The van der Waals surface area contributed by atoms with Gasteiger partial charge >= 0.3 is 34.1 Å². The van der Waals surface area contributed by atoms with Gasteiger partial charge in [-0.15, -0.1) is 22.9 Å². The van der Waals surface area contributed by atoms with Gasteiger partial charge in [0, 0.05) is 23.8 Å². The van der Waals surface area contributed by atoms with E-state index in [0.717, 1.165) is 24.3 Å². The Bertz CT molecular complexity index is 1380. The summed E-state index contributed by atoms with van der Waals surface area (Å²) in [6.07, 6.45) is -0.192. The minimum Gasteiger partial charge on any atom is -0.614 e. The lowest BCUT2D eigenvalue weighted by Gasteiger charge is -2.49. The van der Waals surface area contributed by atoms with E-state index in [1.165, 1.54) is 13.4 Å². The molecule has 1 aromatic rings. The molecule has 224 valence electrons. The fourth-order valence-corrected chi connectivity index (χ4v) is 6.75. The molecule has 0 spiro atoms. The first-order valence-corrected chi connectivity index (χ1v) is 15.2. The highest BCUT2D eigenvalue weighted by molar-refractivity contribution is 7.92. The average molecular weight is 642 g/mol. The van der Waals surface area contributed by atoms with Crippen LogP contribution < -0.4 is 10.6 Å². The molecule has 1 saturated carbocycles. The molecule has 2 N–H and O–H groups in total. The molecular formula is C22H26B2ClN5O10S2. The Labute approximate surface area is 253 Å². The van der Waals surface area contributed by atoms with Gasteiger partial charge in [-0.3, -0.25) is 19.8 Å². The highest BCUT2D eigenvalue weighted by Crippen LogP contribution is 2.41. The number of hydrogen-bond donors (Lipinski definition) is 2. The second kappa shape index (κ2) is 12.1. The van der Waals surface area contributed by atoms with Crippen LogP contribution in [0.15, 0.2) is 21.8 Å². The Morgan fingerprint density at radius 2 is 1.98 bits per heavy atom. The monoisotopic (exact) mass is 641 g/mol. The van der Waals surface area contributed by atoms with Crippen LogP contribution in [0.3, 0.4) is 0 Å². The van der Waals surface area contributed by atoms with Gasteiger partial charge in [0.25, 0.3) is 11.8 Å². The van der Waals surface area contributed by atoms with Gasteiger partial charge in [-0.1, -0.05) is 5.16 Å². The molecule has 0 aromatic carbocycles. The number of rotatable bonds is 9. The molecule has 3 amide bonds. The zero-order valence-electron chi connectivity index (χ0n) is 23.2. The lowest BCUT2D eigenvalue weighted by atomic mass is 10.0. The quantitative estimate of drug-likeness (QED) is 0.0823. The number of β-lactam (4-membered cyclic amide) rings is 1. The summed E-state index contributed by atoms with van der Waals surface area (Å²) in [5.74, 6) is -3.44. The zero-order valence-corrected chi connectivity index (χ0v) is 25.6. The van der Waals surface area contributed by atoms with E-state index in [4.69, 9.17) is 30.5 Å². The molecule has 4 rings (SSSR count). The molecule has 1 saturated heterocycles. The summed E-state index contributed by atoms with van der Waals surface area (Å²) < 4.78 is 27.7. The summed E-state index contributed by atoms with van der Waals surface area (Å²) in [5.41, 5.74) is -2.48. The van der Waals surface area contributed by atoms with Gasteiger partial charge in [0.2, 0.25) is 11.0 Å². The summed E-state index contributed by atoms with van der Waals surface area (Å²) in [4.78, 5) is 73.9. The van der Waals surface area contributed by atoms with E-state index in [0.29, 0.717) is 12.8 Å². The van der Waals surface area contributed by atoms with Crippen LogP contribution in [0.1, 0.15) is 39.3 Å². The Balaban J connectivity index is 1.58. The van der Waals surface area contributed by atoms with Crippen molar-refractivity contribution < 1.29 is 47.4 Å². The van der Waals surface area contributed by atoms with E-state index in [-0.39, 0.29) is 33.7 Å². The van der Waals surface area contributed by atoms with Crippen molar-refractivity contribution in [2.75, 3.05) is 16.9 Å². The van der Waals surface area contributed by atoms with Gasteiger partial charge in [0.1, 0.15) is 22.7 Å². The number of hydrogen-bond acceptors (Lipinski definition) is 13. The Morgan fingerprint density at radius 3 is 2.55 bits per heavy atom. The van der Waals surface area contributed by atoms with Crippen LogP contribution in [-0.4, -0.2) is 100 Å². The van der Waals surface area contributed by atoms with E-state index in [2.05, 4.69) is 20.8 Å². The Kier molecular flexibility index (Phi) is 9.15. The highest BCUT2D eigenvalue weighted by Gasteiger charge is 2.61. The zero-order chi connectivity index (χ0) is 31.0. The molecule has 1 unspecified atom stereocenters. The van der Waals surface area contributed by atoms with Crippen LogP contribution in [0.2, 0.25) is 0 Å². The first-order chi connectivity index (χ1) is 19.7. The smallest absolute Gasteiger partial charge is 0.413 e. The predicted octanol–water partition coefficient (Wildman–Crippen LogP) is -1.17. The molecule has 0 radical (unpaired) electrons. The maximum Gasteiger partial charge on any atom is 0.413 e. The van der Waals surface area contributed by atoms with Crippen LogP contribution in [0.4, 0.5) is 9.93 Å². The lowest BCUT2D eigenvalue weighted by Crippen LogP contribution is -2.75. The number of halogens is 1. The fraction of sp³-hybridized carbons (Fsp3) is 0.500. The molecule has 0 bridgehead atoms. The average Bonchev–Trinajstić information content (AvgIpc) is 3.59. The minimum absolute atomic E-state index is 0.0582. The van der Waals surface area contributed by atoms with Crippen molar-refractivity contribution in [3.05, 3.63) is 22.3 Å². The highest BCUT2D eigenvalue weighted by atomic mass is 35.5. The van der Waals surface area contributed by atoms with Crippen molar-refractivity contribution in [1.82, 2.24) is 15.2 Å². The second-order valence-electron chi connectivity index (χ2n) is 10.3. The lowest BCUT2D eigenvalue weighted by molar-refractivity contribution is -0.150. The Morgan fingerprint density at radius 1 is 1.29 bits per heavy atom. The summed E-state index contributed by atoms with van der Waals surface area (Å²) in [6.45, 7) is 5.05. The van der Waals surface area contributed by atoms with Crippen molar-refractivity contribution in [3.63, 3.8) is 0 Å². The number of fused-ring (bicyclic) bond motifs is 1. The molecule has 3 heterocycles. The predicted molar refractivity (Wildman–Crippen MR) is 154 cm³/mol. The first kappa shape index (κ1) is 31.7. The van der Waals surface area contributed by atoms with Crippen molar-refractivity contribution in [3.8, 4) is 0 Å². The van der Waals surface area contributed by atoms with E-state index >= 15 is 0 Å². The first-order valence-electron chi connectivity index (χ1n) is 12.4. The standard InChI is InChI=1S/C22H26B2ClN5O10S2/c1-21(2,3)37-20(35)28-19-26-10(7-41-19)11(29-40-22(4-5-22)18(34)39-24)14(31)27-12-15(32)30-13(17(33)38-23)9(6-25)8-42(36)16(12)30/h7,12,16H,4-6,8,23-24H2,1-3H3,(H,27,31)(H,26,28,35)/b29-11-/t12-,16-,42?/m1/s1. The summed E-state index contributed by atoms with van der Waals surface area (Å²) in [5, 5.41) is 9.21.